The van der Waals surface area contributed by atoms with Crippen LogP contribution < -0.4 is 10.6 Å². The number of carbonyl (C=O) groups is 2. The molecule has 1 aromatic heterocycles. The van der Waals surface area contributed by atoms with Crippen LogP contribution in [0.15, 0.2) is 30.5 Å². The molecule has 1 saturated carbocycles. The minimum atomic E-state index is -0.600. The molecule has 0 spiro atoms. The van der Waals surface area contributed by atoms with Crippen molar-refractivity contribution in [2.75, 3.05) is 5.32 Å². The number of aromatic hydroxyl groups is 1. The monoisotopic (exact) mass is 363 g/mol. The van der Waals surface area contributed by atoms with E-state index >= 15 is 0 Å². The molecular weight excluding hydrogens is 349 g/mol. The Morgan fingerprint density at radius 3 is 2.72 bits per heavy atom. The number of carbonyl (C=O) groups excluding carboxylic acids is 2. The SMILES string of the molecule is CC(=O)c1ccc(F)c([C@H]2C[C@H]2NC(=O)Nc2ccc(Cl)cn2)c1O. The van der Waals surface area contributed by atoms with Crippen LogP contribution in [0.5, 0.6) is 5.75 Å². The third-order valence-electron chi connectivity index (χ3n) is 3.99. The lowest BCUT2D eigenvalue weighted by Crippen LogP contribution is -2.31. The highest BCUT2D eigenvalue weighted by Crippen LogP contribution is 2.46. The average Bonchev–Trinajstić information content (AvgIpc) is 3.27. The number of rotatable bonds is 4. The van der Waals surface area contributed by atoms with Crippen LogP contribution >= 0.6 is 11.6 Å². The van der Waals surface area contributed by atoms with Crippen molar-refractivity contribution in [1.82, 2.24) is 10.3 Å². The zero-order valence-corrected chi connectivity index (χ0v) is 14.0. The minimum Gasteiger partial charge on any atom is -0.507 e. The molecular formula is C17H15ClFN3O3. The lowest BCUT2D eigenvalue weighted by atomic mass is 10.0. The van der Waals surface area contributed by atoms with E-state index in [-0.39, 0.29) is 34.6 Å². The summed E-state index contributed by atoms with van der Waals surface area (Å²) in [7, 11) is 0. The molecule has 0 bridgehead atoms. The topological polar surface area (TPSA) is 91.3 Å². The highest BCUT2D eigenvalue weighted by atomic mass is 35.5. The number of nitrogens with zero attached hydrogens (tertiary/aromatic N) is 1. The van der Waals surface area contributed by atoms with Crippen molar-refractivity contribution in [3.63, 3.8) is 0 Å². The second-order valence-electron chi connectivity index (χ2n) is 5.82. The molecule has 25 heavy (non-hydrogen) atoms. The molecule has 3 rings (SSSR count). The summed E-state index contributed by atoms with van der Waals surface area (Å²) in [5.74, 6) is -1.37. The number of hydrogen-bond acceptors (Lipinski definition) is 4. The zero-order chi connectivity index (χ0) is 18.1. The molecule has 130 valence electrons. The van der Waals surface area contributed by atoms with Crippen LogP contribution in [0.3, 0.4) is 0 Å². The number of phenolic OH excluding ortho intramolecular Hbond substituents is 1. The summed E-state index contributed by atoms with van der Waals surface area (Å²) in [6.07, 6.45) is 1.87. The molecule has 1 aromatic carbocycles. The predicted molar refractivity (Wildman–Crippen MR) is 90.6 cm³/mol. The summed E-state index contributed by atoms with van der Waals surface area (Å²) >= 11 is 5.72. The summed E-state index contributed by atoms with van der Waals surface area (Å²) in [5.41, 5.74) is 0.125. The quantitative estimate of drug-likeness (QED) is 0.725. The first-order chi connectivity index (χ1) is 11.9. The number of phenols is 1. The number of ketones is 1. The van der Waals surface area contributed by atoms with E-state index in [9.17, 15) is 19.1 Å². The molecule has 1 heterocycles. The standard InChI is InChI=1S/C17H15ClFN3O3/c1-8(23)10-3-4-12(19)15(16(10)24)11-6-13(11)21-17(25)22-14-5-2-9(18)7-20-14/h2-5,7,11,13,24H,6H2,1H3,(H2,20,21,22,25)/t11-,13+/m0/s1. The predicted octanol–water partition coefficient (Wildman–Crippen LogP) is 3.46. The van der Waals surface area contributed by atoms with E-state index in [2.05, 4.69) is 15.6 Å². The van der Waals surface area contributed by atoms with Crippen LogP contribution in [0.25, 0.3) is 0 Å². The van der Waals surface area contributed by atoms with Crippen molar-refractivity contribution in [3.05, 3.63) is 52.4 Å². The number of aromatic nitrogens is 1. The zero-order valence-electron chi connectivity index (χ0n) is 13.2. The van der Waals surface area contributed by atoms with Gasteiger partial charge in [0, 0.05) is 23.7 Å². The van der Waals surface area contributed by atoms with Crippen LogP contribution in [-0.4, -0.2) is 27.9 Å². The van der Waals surface area contributed by atoms with Crippen molar-refractivity contribution in [1.29, 1.82) is 0 Å². The fraction of sp³-hybridized carbons (Fsp3) is 0.235. The van der Waals surface area contributed by atoms with E-state index in [1.165, 1.54) is 19.2 Å². The smallest absolute Gasteiger partial charge is 0.320 e. The van der Waals surface area contributed by atoms with Gasteiger partial charge in [-0.3, -0.25) is 10.1 Å². The fourth-order valence-corrected chi connectivity index (χ4v) is 2.78. The van der Waals surface area contributed by atoms with Crippen LogP contribution in [0.2, 0.25) is 5.02 Å². The molecule has 8 heteroatoms. The van der Waals surface area contributed by atoms with Crippen molar-refractivity contribution in [2.45, 2.75) is 25.3 Å². The Hall–Kier alpha value is -2.67. The van der Waals surface area contributed by atoms with E-state index in [0.29, 0.717) is 17.3 Å². The van der Waals surface area contributed by atoms with Crippen molar-refractivity contribution < 1.29 is 19.1 Å². The van der Waals surface area contributed by atoms with Gasteiger partial charge in [0.1, 0.15) is 17.4 Å². The molecule has 3 N–H and O–H groups in total. The Bertz CT molecular complexity index is 842. The van der Waals surface area contributed by atoms with Gasteiger partial charge in [-0.15, -0.1) is 0 Å². The molecule has 2 atom stereocenters. The summed E-state index contributed by atoms with van der Waals surface area (Å²) in [6, 6.07) is 4.71. The maximum Gasteiger partial charge on any atom is 0.320 e. The van der Waals surface area contributed by atoms with E-state index in [1.54, 1.807) is 12.1 Å². The maximum atomic E-state index is 14.1. The number of halogens is 2. The number of anilines is 1. The molecule has 0 radical (unpaired) electrons. The van der Waals surface area contributed by atoms with Crippen molar-refractivity contribution in [2.24, 2.45) is 0 Å². The molecule has 0 unspecified atom stereocenters. The summed E-state index contributed by atoms with van der Waals surface area (Å²) in [6.45, 7) is 1.30. The average molecular weight is 364 g/mol. The lowest BCUT2D eigenvalue weighted by Gasteiger charge is -2.10. The maximum absolute atomic E-state index is 14.1. The Morgan fingerprint density at radius 2 is 2.08 bits per heavy atom. The molecule has 1 aliphatic rings. The third-order valence-corrected chi connectivity index (χ3v) is 4.21. The second-order valence-corrected chi connectivity index (χ2v) is 6.26. The first-order valence-corrected chi connectivity index (χ1v) is 7.96. The van der Waals surface area contributed by atoms with E-state index in [4.69, 9.17) is 11.6 Å². The first kappa shape index (κ1) is 17.2. The van der Waals surface area contributed by atoms with Gasteiger partial charge in [0.15, 0.2) is 5.78 Å². The highest BCUT2D eigenvalue weighted by molar-refractivity contribution is 6.30. The lowest BCUT2D eigenvalue weighted by molar-refractivity contribution is 0.101. The molecule has 0 saturated heterocycles. The molecule has 2 aromatic rings. The molecule has 2 amide bonds. The van der Waals surface area contributed by atoms with E-state index in [1.807, 2.05) is 0 Å². The molecule has 6 nitrogen and oxygen atoms in total. The largest absolute Gasteiger partial charge is 0.507 e. The second kappa shape index (κ2) is 6.68. The van der Waals surface area contributed by atoms with Crippen molar-refractivity contribution in [3.8, 4) is 5.75 Å². The van der Waals surface area contributed by atoms with Crippen molar-refractivity contribution >= 4 is 29.2 Å². The van der Waals surface area contributed by atoms with Gasteiger partial charge in [0.05, 0.1) is 10.6 Å². The first-order valence-electron chi connectivity index (χ1n) is 7.58. The van der Waals surface area contributed by atoms with E-state index in [0.717, 1.165) is 6.07 Å². The molecule has 0 aliphatic heterocycles. The van der Waals surface area contributed by atoms with Gasteiger partial charge in [0.2, 0.25) is 0 Å². The van der Waals surface area contributed by atoms with E-state index < -0.39 is 11.8 Å². The van der Waals surface area contributed by atoms with Crippen LogP contribution in [0.4, 0.5) is 15.0 Å². The minimum absolute atomic E-state index is 0.0580. The molecule has 1 fully saturated rings. The van der Waals surface area contributed by atoms with Gasteiger partial charge in [-0.05, 0) is 37.6 Å². The normalized spacial score (nSPS) is 18.5. The summed E-state index contributed by atoms with van der Waals surface area (Å²) in [4.78, 5) is 27.4. The van der Waals surface area contributed by atoms with Gasteiger partial charge in [-0.1, -0.05) is 11.6 Å². The molecule has 1 aliphatic carbocycles. The van der Waals surface area contributed by atoms with Gasteiger partial charge in [0.25, 0.3) is 0 Å². The number of hydrogen-bond donors (Lipinski definition) is 3. The van der Waals surface area contributed by atoms with Gasteiger partial charge in [-0.25, -0.2) is 14.2 Å². The number of benzene rings is 1. The Kier molecular flexibility index (Phi) is 4.59. The van der Waals surface area contributed by atoms with Crippen LogP contribution in [0, 0.1) is 5.82 Å². The number of urea groups is 1. The number of amides is 2. The van der Waals surface area contributed by atoms with Gasteiger partial charge in [-0.2, -0.15) is 0 Å². The third kappa shape index (κ3) is 3.71. The van der Waals surface area contributed by atoms with Gasteiger partial charge >= 0.3 is 6.03 Å². The number of pyridine rings is 1. The highest BCUT2D eigenvalue weighted by Gasteiger charge is 2.43. The Labute approximate surface area is 148 Å². The fourth-order valence-electron chi connectivity index (χ4n) is 2.66. The van der Waals surface area contributed by atoms with Crippen LogP contribution in [0.1, 0.15) is 35.2 Å². The Morgan fingerprint density at radius 1 is 1.32 bits per heavy atom. The number of nitrogens with one attached hydrogen (secondary N) is 2. The van der Waals surface area contributed by atoms with Crippen LogP contribution in [-0.2, 0) is 0 Å². The summed E-state index contributed by atoms with van der Waals surface area (Å²) in [5, 5.41) is 15.8. The van der Waals surface area contributed by atoms with Gasteiger partial charge < -0.3 is 10.4 Å². The Balaban J connectivity index is 1.67. The number of Topliss-reactive ketones (excluding diaryl/α,β-unsaturated/α-hetero) is 1. The summed E-state index contributed by atoms with van der Waals surface area (Å²) < 4.78 is 14.1.